The summed E-state index contributed by atoms with van der Waals surface area (Å²) in [6, 6.07) is 14.1. The second-order valence-corrected chi connectivity index (χ2v) is 7.16. The van der Waals surface area contributed by atoms with Crippen LogP contribution in [-0.4, -0.2) is 51.7 Å². The zero-order valence-corrected chi connectivity index (χ0v) is 17.4. The fourth-order valence-corrected chi connectivity index (χ4v) is 3.07. The summed E-state index contributed by atoms with van der Waals surface area (Å²) in [5, 5.41) is 3.60. The van der Waals surface area contributed by atoms with Crippen LogP contribution in [0.25, 0.3) is 22.1 Å². The molecule has 0 spiro atoms. The first-order chi connectivity index (χ1) is 14.5. The molecule has 0 aliphatic carbocycles. The van der Waals surface area contributed by atoms with Crippen LogP contribution in [0.15, 0.2) is 57.7 Å². The smallest absolute Gasteiger partial charge is 0.336 e. The lowest BCUT2D eigenvalue weighted by Gasteiger charge is -2.11. The quantitative estimate of drug-likeness (QED) is 0.432. The molecular weight excluding hydrogens is 384 g/mol. The van der Waals surface area contributed by atoms with Gasteiger partial charge in [-0.05, 0) is 62.5 Å². The second kappa shape index (κ2) is 9.93. The van der Waals surface area contributed by atoms with Crippen molar-refractivity contribution in [3.63, 3.8) is 0 Å². The van der Waals surface area contributed by atoms with Gasteiger partial charge in [0, 0.05) is 24.1 Å². The molecule has 7 heteroatoms. The van der Waals surface area contributed by atoms with Crippen molar-refractivity contribution in [3.8, 4) is 22.6 Å². The van der Waals surface area contributed by atoms with E-state index in [1.54, 1.807) is 19.2 Å². The van der Waals surface area contributed by atoms with Gasteiger partial charge in [-0.1, -0.05) is 12.1 Å². The van der Waals surface area contributed by atoms with E-state index in [1.807, 2.05) is 44.4 Å². The van der Waals surface area contributed by atoms with Crippen LogP contribution in [-0.2, 0) is 4.79 Å². The van der Waals surface area contributed by atoms with E-state index in [0.29, 0.717) is 17.9 Å². The van der Waals surface area contributed by atoms with Gasteiger partial charge >= 0.3 is 5.63 Å². The molecule has 1 N–H and O–H groups in total. The molecule has 1 amide bonds. The molecule has 3 aromatic rings. The van der Waals surface area contributed by atoms with Crippen LogP contribution in [0.5, 0.6) is 11.5 Å². The summed E-state index contributed by atoms with van der Waals surface area (Å²) >= 11 is 0. The molecule has 0 saturated heterocycles. The minimum atomic E-state index is -0.455. The summed E-state index contributed by atoms with van der Waals surface area (Å²) in [6.45, 7) is 1.40. The normalized spacial score (nSPS) is 10.9. The molecule has 0 atom stereocenters. The van der Waals surface area contributed by atoms with Gasteiger partial charge in [0.25, 0.3) is 5.91 Å². The first-order valence-electron chi connectivity index (χ1n) is 9.73. The molecule has 0 unspecified atom stereocenters. The predicted molar refractivity (Wildman–Crippen MR) is 116 cm³/mol. The minimum Gasteiger partial charge on any atom is -0.497 e. The first kappa shape index (κ1) is 21.4. The maximum Gasteiger partial charge on any atom is 0.336 e. The zero-order chi connectivity index (χ0) is 21.5. The number of carbonyl (C=O) groups is 1. The van der Waals surface area contributed by atoms with Crippen molar-refractivity contribution in [3.05, 3.63) is 59.0 Å². The summed E-state index contributed by atoms with van der Waals surface area (Å²) < 4.78 is 16.1. The Morgan fingerprint density at radius 3 is 2.50 bits per heavy atom. The number of methoxy groups -OCH3 is 1. The number of hydrogen-bond donors (Lipinski definition) is 1. The minimum absolute atomic E-state index is 0.101. The van der Waals surface area contributed by atoms with Crippen molar-refractivity contribution < 1.29 is 18.7 Å². The summed E-state index contributed by atoms with van der Waals surface area (Å²) in [7, 11) is 5.58. The highest BCUT2D eigenvalue weighted by Gasteiger charge is 2.10. The number of fused-ring (bicyclic) bond motifs is 1. The van der Waals surface area contributed by atoms with Crippen LogP contribution >= 0.6 is 0 Å². The molecule has 0 saturated carbocycles. The van der Waals surface area contributed by atoms with Crippen LogP contribution < -0.4 is 20.4 Å². The van der Waals surface area contributed by atoms with Gasteiger partial charge in [-0.3, -0.25) is 4.79 Å². The van der Waals surface area contributed by atoms with E-state index in [2.05, 4.69) is 10.2 Å². The Bertz CT molecular complexity index is 1060. The number of benzene rings is 2. The average Bonchev–Trinajstić information content (AvgIpc) is 2.74. The number of rotatable bonds is 9. The van der Waals surface area contributed by atoms with Gasteiger partial charge in [-0.15, -0.1) is 0 Å². The molecule has 1 aromatic heterocycles. The summed E-state index contributed by atoms with van der Waals surface area (Å²) in [5.74, 6) is 1.00. The third-order valence-electron chi connectivity index (χ3n) is 4.59. The van der Waals surface area contributed by atoms with E-state index in [1.165, 1.54) is 6.07 Å². The molecule has 7 nitrogen and oxygen atoms in total. The van der Waals surface area contributed by atoms with Gasteiger partial charge in [0.15, 0.2) is 6.61 Å². The number of hydrogen-bond acceptors (Lipinski definition) is 6. The lowest BCUT2D eigenvalue weighted by atomic mass is 10.0. The lowest BCUT2D eigenvalue weighted by molar-refractivity contribution is -0.123. The van der Waals surface area contributed by atoms with E-state index >= 15 is 0 Å². The fraction of sp³-hybridized carbons (Fsp3) is 0.304. The van der Waals surface area contributed by atoms with Gasteiger partial charge in [0.05, 0.1) is 7.11 Å². The molecule has 0 aliphatic heterocycles. The third-order valence-corrected chi connectivity index (χ3v) is 4.59. The van der Waals surface area contributed by atoms with E-state index in [-0.39, 0.29) is 12.5 Å². The van der Waals surface area contributed by atoms with Crippen molar-refractivity contribution >= 4 is 16.9 Å². The standard InChI is InChI=1S/C23H26N2O5/c1-25(2)12-4-11-24-22(26)15-29-18-9-10-19-20(14-23(27)30-21(19)13-18)16-5-7-17(28-3)8-6-16/h5-10,13-14H,4,11-12,15H2,1-3H3,(H,24,26). The molecule has 3 rings (SSSR count). The third kappa shape index (κ3) is 5.61. The van der Waals surface area contributed by atoms with E-state index in [4.69, 9.17) is 13.9 Å². The summed E-state index contributed by atoms with van der Waals surface area (Å²) in [5.41, 5.74) is 1.58. The first-order valence-corrected chi connectivity index (χ1v) is 9.73. The molecule has 0 aliphatic rings. The Hall–Kier alpha value is -3.32. The van der Waals surface area contributed by atoms with E-state index < -0.39 is 5.63 Å². The van der Waals surface area contributed by atoms with Gasteiger partial charge in [-0.25, -0.2) is 4.79 Å². The molecule has 1 heterocycles. The number of nitrogens with one attached hydrogen (secondary N) is 1. The maximum atomic E-state index is 12.1. The lowest BCUT2D eigenvalue weighted by Crippen LogP contribution is -2.31. The SMILES string of the molecule is COc1ccc(-c2cc(=O)oc3cc(OCC(=O)NCCCN(C)C)ccc23)cc1. The Morgan fingerprint density at radius 1 is 1.07 bits per heavy atom. The van der Waals surface area contributed by atoms with Gasteiger partial charge in [-0.2, -0.15) is 0 Å². The van der Waals surface area contributed by atoms with Crippen molar-refractivity contribution in [2.45, 2.75) is 6.42 Å². The van der Waals surface area contributed by atoms with E-state index in [0.717, 1.165) is 35.2 Å². The van der Waals surface area contributed by atoms with Crippen LogP contribution in [0.3, 0.4) is 0 Å². The Balaban J connectivity index is 1.72. The van der Waals surface area contributed by atoms with Crippen molar-refractivity contribution in [1.29, 1.82) is 0 Å². The Kier molecular flexibility index (Phi) is 7.08. The Labute approximate surface area is 175 Å². The highest BCUT2D eigenvalue weighted by molar-refractivity contribution is 5.93. The van der Waals surface area contributed by atoms with Crippen molar-refractivity contribution in [1.82, 2.24) is 10.2 Å². The second-order valence-electron chi connectivity index (χ2n) is 7.16. The number of nitrogens with zero attached hydrogens (tertiary/aromatic N) is 1. The molecule has 0 bridgehead atoms. The summed E-state index contributed by atoms with van der Waals surface area (Å²) in [6.07, 6.45) is 0.869. The highest BCUT2D eigenvalue weighted by atomic mass is 16.5. The molecule has 30 heavy (non-hydrogen) atoms. The largest absolute Gasteiger partial charge is 0.497 e. The Morgan fingerprint density at radius 2 is 1.80 bits per heavy atom. The fourth-order valence-electron chi connectivity index (χ4n) is 3.07. The molecule has 2 aromatic carbocycles. The van der Waals surface area contributed by atoms with Crippen LogP contribution in [0.4, 0.5) is 0 Å². The summed E-state index contributed by atoms with van der Waals surface area (Å²) in [4.78, 5) is 26.1. The predicted octanol–water partition coefficient (Wildman–Crippen LogP) is 2.92. The van der Waals surface area contributed by atoms with Gasteiger partial charge < -0.3 is 24.1 Å². The molecule has 158 valence electrons. The number of carbonyl (C=O) groups excluding carboxylic acids is 1. The monoisotopic (exact) mass is 410 g/mol. The van der Waals surface area contributed by atoms with Gasteiger partial charge in [0.1, 0.15) is 17.1 Å². The molecular formula is C23H26N2O5. The van der Waals surface area contributed by atoms with Crippen LogP contribution in [0.1, 0.15) is 6.42 Å². The molecule has 0 fully saturated rings. The topological polar surface area (TPSA) is 81.0 Å². The van der Waals surface area contributed by atoms with Crippen molar-refractivity contribution in [2.75, 3.05) is 40.9 Å². The zero-order valence-electron chi connectivity index (χ0n) is 17.4. The van der Waals surface area contributed by atoms with Gasteiger partial charge in [0.2, 0.25) is 0 Å². The van der Waals surface area contributed by atoms with Crippen LogP contribution in [0.2, 0.25) is 0 Å². The molecule has 0 radical (unpaired) electrons. The van der Waals surface area contributed by atoms with Crippen molar-refractivity contribution in [2.24, 2.45) is 0 Å². The highest BCUT2D eigenvalue weighted by Crippen LogP contribution is 2.30. The maximum absolute atomic E-state index is 12.1. The van der Waals surface area contributed by atoms with Crippen LogP contribution in [0, 0.1) is 0 Å². The average molecular weight is 410 g/mol. The van der Waals surface area contributed by atoms with E-state index in [9.17, 15) is 9.59 Å². The number of amides is 1. The number of ether oxygens (including phenoxy) is 2.